The van der Waals surface area contributed by atoms with E-state index in [0.29, 0.717) is 12.0 Å². The van der Waals surface area contributed by atoms with Crippen LogP contribution < -0.4 is 5.32 Å². The van der Waals surface area contributed by atoms with Crippen LogP contribution in [0.2, 0.25) is 0 Å². The van der Waals surface area contributed by atoms with Gasteiger partial charge in [-0.25, -0.2) is 0 Å². The Morgan fingerprint density at radius 3 is 2.80 bits per heavy atom. The van der Waals surface area contributed by atoms with Crippen LogP contribution in [0.3, 0.4) is 0 Å². The SMILES string of the molecule is Cc1cccc(C2CCN(CCNC(=O)C3CC4CCC3O4)CC2)n1. The molecule has 3 aliphatic heterocycles. The molecule has 3 aliphatic rings. The highest BCUT2D eigenvalue weighted by Crippen LogP contribution is 2.38. The van der Waals surface area contributed by atoms with Gasteiger partial charge in [-0.2, -0.15) is 0 Å². The minimum atomic E-state index is 0.0943. The van der Waals surface area contributed by atoms with Crippen LogP contribution in [-0.2, 0) is 9.53 Å². The molecule has 5 heteroatoms. The molecule has 25 heavy (non-hydrogen) atoms. The average Bonchev–Trinajstić information content (AvgIpc) is 3.26. The van der Waals surface area contributed by atoms with Gasteiger partial charge in [-0.1, -0.05) is 6.07 Å². The fraction of sp³-hybridized carbons (Fsp3) is 0.700. The molecule has 1 amide bonds. The summed E-state index contributed by atoms with van der Waals surface area (Å²) in [6, 6.07) is 6.33. The number of nitrogens with one attached hydrogen (secondary N) is 1. The van der Waals surface area contributed by atoms with Crippen LogP contribution in [0.5, 0.6) is 0 Å². The zero-order chi connectivity index (χ0) is 17.2. The van der Waals surface area contributed by atoms with Gasteiger partial charge in [0.2, 0.25) is 5.91 Å². The van der Waals surface area contributed by atoms with Crippen molar-refractivity contribution < 1.29 is 9.53 Å². The summed E-state index contributed by atoms with van der Waals surface area (Å²) in [4.78, 5) is 19.5. The lowest BCUT2D eigenvalue weighted by atomic mass is 9.88. The third-order valence-electron chi connectivity index (χ3n) is 6.09. The molecule has 136 valence electrons. The number of aryl methyl sites for hydroxylation is 1. The Balaban J connectivity index is 1.17. The summed E-state index contributed by atoms with van der Waals surface area (Å²) in [6.45, 7) is 5.94. The maximum absolute atomic E-state index is 12.3. The molecular weight excluding hydrogens is 314 g/mol. The predicted octanol–water partition coefficient (Wildman–Crippen LogP) is 2.25. The average molecular weight is 343 g/mol. The van der Waals surface area contributed by atoms with Gasteiger partial charge < -0.3 is 15.0 Å². The number of hydrogen-bond acceptors (Lipinski definition) is 4. The van der Waals surface area contributed by atoms with Crippen LogP contribution >= 0.6 is 0 Å². The second-order valence-corrected chi connectivity index (χ2v) is 7.83. The lowest BCUT2D eigenvalue weighted by Gasteiger charge is -2.32. The molecular formula is C20H29N3O2. The number of aromatic nitrogens is 1. The summed E-state index contributed by atoms with van der Waals surface area (Å²) in [5.74, 6) is 0.875. The highest BCUT2D eigenvalue weighted by atomic mass is 16.5. The van der Waals surface area contributed by atoms with Crippen LogP contribution in [0.1, 0.15) is 49.4 Å². The first kappa shape index (κ1) is 17.0. The van der Waals surface area contributed by atoms with E-state index in [0.717, 1.165) is 64.0 Å². The zero-order valence-corrected chi connectivity index (χ0v) is 15.1. The first-order valence-corrected chi connectivity index (χ1v) is 9.78. The number of rotatable bonds is 5. The Bertz CT molecular complexity index is 613. The molecule has 3 fully saturated rings. The third kappa shape index (κ3) is 3.87. The number of carbonyl (C=O) groups excluding carboxylic acids is 1. The number of pyridine rings is 1. The third-order valence-corrected chi connectivity index (χ3v) is 6.09. The number of carbonyl (C=O) groups is 1. The van der Waals surface area contributed by atoms with Gasteiger partial charge in [-0.15, -0.1) is 0 Å². The van der Waals surface area contributed by atoms with Crippen molar-refractivity contribution in [1.82, 2.24) is 15.2 Å². The summed E-state index contributed by atoms with van der Waals surface area (Å²) in [5, 5.41) is 3.13. The van der Waals surface area contributed by atoms with Crippen LogP contribution in [0.4, 0.5) is 0 Å². The number of likely N-dealkylation sites (tertiary alicyclic amines) is 1. The summed E-state index contributed by atoms with van der Waals surface area (Å²) in [5.41, 5.74) is 2.34. The Morgan fingerprint density at radius 1 is 1.28 bits per heavy atom. The molecule has 4 heterocycles. The molecule has 0 aromatic carbocycles. The highest BCUT2D eigenvalue weighted by molar-refractivity contribution is 5.79. The topological polar surface area (TPSA) is 54.5 Å². The molecule has 3 atom stereocenters. The van der Waals surface area contributed by atoms with E-state index in [9.17, 15) is 4.79 Å². The minimum Gasteiger partial charge on any atom is -0.374 e. The smallest absolute Gasteiger partial charge is 0.225 e. The quantitative estimate of drug-likeness (QED) is 0.891. The zero-order valence-electron chi connectivity index (χ0n) is 15.1. The maximum Gasteiger partial charge on any atom is 0.225 e. The molecule has 5 nitrogen and oxygen atoms in total. The second-order valence-electron chi connectivity index (χ2n) is 7.83. The fourth-order valence-electron chi connectivity index (χ4n) is 4.63. The Hall–Kier alpha value is -1.46. The minimum absolute atomic E-state index is 0.0943. The summed E-state index contributed by atoms with van der Waals surface area (Å²) in [7, 11) is 0. The Labute approximate surface area is 150 Å². The number of fused-ring (bicyclic) bond motifs is 2. The van der Waals surface area contributed by atoms with Crippen molar-refractivity contribution in [1.29, 1.82) is 0 Å². The van der Waals surface area contributed by atoms with Gasteiger partial charge in [0, 0.05) is 30.4 Å². The molecule has 3 saturated heterocycles. The first-order valence-electron chi connectivity index (χ1n) is 9.78. The molecule has 1 aromatic heterocycles. The lowest BCUT2D eigenvalue weighted by Crippen LogP contribution is -2.42. The van der Waals surface area contributed by atoms with Crippen molar-refractivity contribution in [3.63, 3.8) is 0 Å². The van der Waals surface area contributed by atoms with Crippen molar-refractivity contribution in [2.45, 2.75) is 57.2 Å². The fourth-order valence-corrected chi connectivity index (χ4v) is 4.63. The van der Waals surface area contributed by atoms with Crippen LogP contribution in [-0.4, -0.2) is 54.2 Å². The Kier molecular flexibility index (Phi) is 5.04. The highest BCUT2D eigenvalue weighted by Gasteiger charge is 2.44. The van der Waals surface area contributed by atoms with Gasteiger partial charge in [0.15, 0.2) is 0 Å². The van der Waals surface area contributed by atoms with Crippen molar-refractivity contribution in [3.05, 3.63) is 29.6 Å². The number of piperidine rings is 1. The largest absolute Gasteiger partial charge is 0.374 e. The van der Waals surface area contributed by atoms with Crippen molar-refractivity contribution in [2.24, 2.45) is 5.92 Å². The van der Waals surface area contributed by atoms with E-state index >= 15 is 0 Å². The molecule has 4 rings (SSSR count). The first-order chi connectivity index (χ1) is 12.2. The monoisotopic (exact) mass is 343 g/mol. The van der Waals surface area contributed by atoms with E-state index in [-0.39, 0.29) is 17.9 Å². The van der Waals surface area contributed by atoms with Gasteiger partial charge >= 0.3 is 0 Å². The molecule has 3 unspecified atom stereocenters. The standard InChI is InChI=1S/C20H29N3O2/c1-14-3-2-4-18(22-14)15-7-10-23(11-8-15)12-9-21-20(24)17-13-16-5-6-19(17)25-16/h2-4,15-17,19H,5-13H2,1H3,(H,21,24). The Morgan fingerprint density at radius 2 is 2.12 bits per heavy atom. The lowest BCUT2D eigenvalue weighted by molar-refractivity contribution is -0.126. The number of nitrogens with zero attached hydrogens (tertiary/aromatic N) is 2. The van der Waals surface area contributed by atoms with Gasteiger partial charge in [0.05, 0.1) is 18.1 Å². The molecule has 2 bridgehead atoms. The van der Waals surface area contributed by atoms with Crippen LogP contribution in [0, 0.1) is 12.8 Å². The molecule has 0 radical (unpaired) electrons. The molecule has 0 aliphatic carbocycles. The van der Waals surface area contributed by atoms with Crippen molar-refractivity contribution in [2.75, 3.05) is 26.2 Å². The molecule has 0 saturated carbocycles. The second kappa shape index (κ2) is 7.42. The number of ether oxygens (including phenoxy) is 1. The molecule has 1 aromatic rings. The van der Waals surface area contributed by atoms with E-state index in [4.69, 9.17) is 4.74 Å². The molecule has 0 spiro atoms. The maximum atomic E-state index is 12.3. The van der Waals surface area contributed by atoms with E-state index in [1.165, 1.54) is 5.69 Å². The number of amides is 1. The van der Waals surface area contributed by atoms with E-state index in [2.05, 4.69) is 40.3 Å². The normalized spacial score (nSPS) is 29.9. The van der Waals surface area contributed by atoms with E-state index < -0.39 is 0 Å². The summed E-state index contributed by atoms with van der Waals surface area (Å²) >= 11 is 0. The van der Waals surface area contributed by atoms with Crippen LogP contribution in [0.15, 0.2) is 18.2 Å². The number of hydrogen-bond donors (Lipinski definition) is 1. The van der Waals surface area contributed by atoms with Gasteiger partial charge in [-0.3, -0.25) is 9.78 Å². The van der Waals surface area contributed by atoms with Crippen LogP contribution in [0.25, 0.3) is 0 Å². The van der Waals surface area contributed by atoms with E-state index in [1.54, 1.807) is 0 Å². The van der Waals surface area contributed by atoms with Crippen molar-refractivity contribution >= 4 is 5.91 Å². The van der Waals surface area contributed by atoms with Gasteiger partial charge in [0.1, 0.15) is 0 Å². The van der Waals surface area contributed by atoms with E-state index in [1.807, 2.05) is 0 Å². The van der Waals surface area contributed by atoms with Gasteiger partial charge in [-0.05, 0) is 64.3 Å². The van der Waals surface area contributed by atoms with Gasteiger partial charge in [0.25, 0.3) is 0 Å². The predicted molar refractivity (Wildman–Crippen MR) is 96.4 cm³/mol. The molecule has 1 N–H and O–H groups in total. The summed E-state index contributed by atoms with van der Waals surface area (Å²) < 4.78 is 5.79. The summed E-state index contributed by atoms with van der Waals surface area (Å²) in [6.07, 6.45) is 5.96. The van der Waals surface area contributed by atoms with Crippen molar-refractivity contribution in [3.8, 4) is 0 Å².